The van der Waals surface area contributed by atoms with Crippen LogP contribution >= 0.6 is 0 Å². The fourth-order valence-electron chi connectivity index (χ4n) is 11.0. The van der Waals surface area contributed by atoms with E-state index in [4.69, 9.17) is 29.4 Å². The molecule has 7 aliphatic rings. The standard InChI is InChI=1S/C37H58N2O18/c1-2-12-7-14(11-39-33(12)38)15-5-6-37(32(49)28(47)27(46)31(57-37)35(52)55-36-29(48)25(44)26(45)30(54-36)34(50)51)56-21-10-20-23(24(43)22(15)21)18(42)9-19(53-20)13-3-4-16(40)17(41)8-13/h12-17,19-33,36,39-41,43-49H,2-11,38H2,1H3,(H,50,51). The predicted octanol–water partition coefficient (Wildman–Crippen LogP) is -6.80. The molecule has 2 saturated carbocycles. The quantitative estimate of drug-likeness (QED) is 0.111. The highest BCUT2D eigenvalue weighted by Crippen LogP contribution is 2.52. The lowest BCUT2D eigenvalue weighted by molar-refractivity contribution is -0.712. The van der Waals surface area contributed by atoms with Crippen molar-refractivity contribution >= 4 is 17.7 Å². The summed E-state index contributed by atoms with van der Waals surface area (Å²) < 4.78 is 29.5. The van der Waals surface area contributed by atoms with Gasteiger partial charge in [0.2, 0.25) is 6.29 Å². The van der Waals surface area contributed by atoms with Crippen LogP contribution < -0.4 is 16.2 Å². The third kappa shape index (κ3) is 7.90. The van der Waals surface area contributed by atoms with Gasteiger partial charge < -0.3 is 84.9 Å². The van der Waals surface area contributed by atoms with Gasteiger partial charge in [-0.3, -0.25) is 10.5 Å². The molecule has 5 heterocycles. The van der Waals surface area contributed by atoms with Gasteiger partial charge in [-0.05, 0) is 50.4 Å². The number of ether oxygens (including phenoxy) is 5. The minimum atomic E-state index is -2.23. The third-order valence-corrected chi connectivity index (χ3v) is 14.2. The average Bonchev–Trinajstić information content (AvgIpc) is 3.34. The van der Waals surface area contributed by atoms with E-state index in [1.165, 1.54) is 0 Å². The smallest absolute Gasteiger partial charge is 0.340 e. The van der Waals surface area contributed by atoms with Crippen molar-refractivity contribution in [2.45, 2.75) is 168 Å². The first-order valence-electron chi connectivity index (χ1n) is 20.3. The Hall–Kier alpha value is -1.99. The zero-order chi connectivity index (χ0) is 41.2. The average molecular weight is 819 g/mol. The largest absolute Gasteiger partial charge is 0.547 e. The number of aliphatic carboxylic acids is 1. The number of carboxylic acid groups (broad SMARTS) is 1. The molecular weight excluding hydrogens is 760 g/mol. The lowest BCUT2D eigenvalue weighted by Crippen LogP contribution is -2.97. The minimum Gasteiger partial charge on any atom is -0.547 e. The highest BCUT2D eigenvalue weighted by atomic mass is 16.8. The van der Waals surface area contributed by atoms with Gasteiger partial charge in [-0.1, -0.05) is 6.92 Å². The summed E-state index contributed by atoms with van der Waals surface area (Å²) >= 11 is 0. The molecule has 23 unspecified atom stereocenters. The van der Waals surface area contributed by atoms with E-state index in [1.807, 2.05) is 12.2 Å². The Morgan fingerprint density at radius 3 is 2.21 bits per heavy atom. The van der Waals surface area contributed by atoms with Gasteiger partial charge in [0.15, 0.2) is 11.9 Å². The topological polar surface area (TPSA) is 345 Å². The van der Waals surface area contributed by atoms with Crippen LogP contribution in [0.5, 0.6) is 0 Å². The Morgan fingerprint density at radius 2 is 1.53 bits per heavy atom. The van der Waals surface area contributed by atoms with E-state index in [-0.39, 0.29) is 67.7 Å². The summed E-state index contributed by atoms with van der Waals surface area (Å²) in [6.07, 6.45) is -22.4. The van der Waals surface area contributed by atoms with Crippen LogP contribution in [0.15, 0.2) is 0 Å². The van der Waals surface area contributed by atoms with Crippen LogP contribution in [0, 0.1) is 35.5 Å². The maximum Gasteiger partial charge on any atom is 0.340 e. The molecule has 7 rings (SSSR count). The fourth-order valence-corrected chi connectivity index (χ4v) is 11.0. The molecule has 5 aliphatic heterocycles. The highest BCUT2D eigenvalue weighted by Gasteiger charge is 2.64. The predicted molar refractivity (Wildman–Crippen MR) is 183 cm³/mol. The van der Waals surface area contributed by atoms with Gasteiger partial charge in [0, 0.05) is 37.0 Å². The summed E-state index contributed by atoms with van der Waals surface area (Å²) in [5.74, 6) is -8.11. The van der Waals surface area contributed by atoms with Crippen LogP contribution in [0.4, 0.5) is 0 Å². The van der Waals surface area contributed by atoms with Crippen LogP contribution in [-0.4, -0.2) is 174 Å². The van der Waals surface area contributed by atoms with Crippen molar-refractivity contribution in [3.8, 4) is 0 Å². The number of rotatable bonds is 6. The number of quaternary nitrogens is 1. The molecule has 13 N–H and O–H groups in total. The number of carbonyl (C=O) groups is 3. The van der Waals surface area contributed by atoms with Crippen LogP contribution in [0.1, 0.15) is 64.7 Å². The summed E-state index contributed by atoms with van der Waals surface area (Å²) in [5.41, 5.74) is 6.43. The summed E-state index contributed by atoms with van der Waals surface area (Å²) in [5, 5.41) is 111. The molecule has 2 aliphatic carbocycles. The Balaban J connectivity index is 1.18. The number of fused-ring (bicyclic) bond motifs is 2. The van der Waals surface area contributed by atoms with Crippen LogP contribution in [0.3, 0.4) is 0 Å². The maximum atomic E-state index is 14.0. The second kappa shape index (κ2) is 16.8. The number of carboxylic acids is 1. The first-order chi connectivity index (χ1) is 27.0. The molecule has 0 radical (unpaired) electrons. The van der Waals surface area contributed by atoms with E-state index in [2.05, 4.69) is 0 Å². The van der Waals surface area contributed by atoms with E-state index in [0.717, 1.165) is 6.42 Å². The molecule has 324 valence electrons. The maximum absolute atomic E-state index is 14.0. The Bertz CT molecular complexity index is 1480. The lowest BCUT2D eigenvalue weighted by atomic mass is 9.62. The number of Topliss-reactive ketones (excluding diaryl/α,β-unsaturated/α-hetero) is 1. The monoisotopic (exact) mass is 818 g/mol. The summed E-state index contributed by atoms with van der Waals surface area (Å²) in [4.78, 5) is 39.1. The molecule has 5 saturated heterocycles. The number of esters is 1. The SMILES string of the molecule is CCC1CC(C2CCC3(OC4CC5OC(C6CCC(O)C(O)C6)CC(=O)C5C(O)C42)OC(C(=O)OC2OC(C(=O)[O-])C(O)C(O)C2O)C(O)C(O)C3O)C[NH2+]C1N. The van der Waals surface area contributed by atoms with Crippen molar-refractivity contribution in [3.63, 3.8) is 0 Å². The number of hydrogen-bond donors (Lipinski definition) is 11. The van der Waals surface area contributed by atoms with E-state index in [1.54, 1.807) is 0 Å². The van der Waals surface area contributed by atoms with Crippen molar-refractivity contribution in [2.75, 3.05) is 6.54 Å². The number of carbonyl (C=O) groups excluding carboxylic acids is 3. The Labute approximate surface area is 328 Å². The molecule has 20 heteroatoms. The fraction of sp³-hybridized carbons (Fsp3) is 0.919. The minimum absolute atomic E-state index is 0.0113. The van der Waals surface area contributed by atoms with Crippen molar-refractivity contribution in [2.24, 2.45) is 41.2 Å². The second-order valence-electron chi connectivity index (χ2n) is 17.4. The van der Waals surface area contributed by atoms with E-state index in [9.17, 15) is 65.4 Å². The summed E-state index contributed by atoms with van der Waals surface area (Å²) in [6, 6.07) is 0. The van der Waals surface area contributed by atoms with Gasteiger partial charge in [-0.2, -0.15) is 0 Å². The molecule has 0 aromatic heterocycles. The van der Waals surface area contributed by atoms with Crippen molar-refractivity contribution < 1.29 is 94.4 Å². The van der Waals surface area contributed by atoms with Gasteiger partial charge in [-0.15, -0.1) is 0 Å². The van der Waals surface area contributed by atoms with Gasteiger partial charge in [0.05, 0.1) is 55.1 Å². The number of nitrogens with two attached hydrogens (primary N) is 2. The number of aliphatic hydroxyl groups is 9. The van der Waals surface area contributed by atoms with Crippen molar-refractivity contribution in [1.29, 1.82) is 0 Å². The zero-order valence-electron chi connectivity index (χ0n) is 31.6. The van der Waals surface area contributed by atoms with E-state index < -0.39 is 121 Å². The number of ketones is 1. The normalized spacial score (nSPS) is 53.3. The lowest BCUT2D eigenvalue weighted by Gasteiger charge is -2.53. The molecule has 1 spiro atoms. The number of aliphatic hydroxyl groups excluding tert-OH is 9. The zero-order valence-corrected chi connectivity index (χ0v) is 31.6. The first-order valence-corrected chi connectivity index (χ1v) is 20.3. The molecule has 0 amide bonds. The molecule has 0 aromatic carbocycles. The van der Waals surface area contributed by atoms with Crippen LogP contribution in [-0.2, 0) is 38.1 Å². The van der Waals surface area contributed by atoms with Gasteiger partial charge in [0.25, 0.3) is 0 Å². The van der Waals surface area contributed by atoms with Gasteiger partial charge in [-0.25, -0.2) is 4.79 Å². The molecule has 20 nitrogen and oxygen atoms in total. The van der Waals surface area contributed by atoms with Gasteiger partial charge in [0.1, 0.15) is 54.7 Å². The van der Waals surface area contributed by atoms with E-state index in [0.29, 0.717) is 25.8 Å². The highest BCUT2D eigenvalue weighted by molar-refractivity contribution is 5.83. The molecule has 7 fully saturated rings. The third-order valence-electron chi connectivity index (χ3n) is 14.2. The summed E-state index contributed by atoms with van der Waals surface area (Å²) in [6.45, 7) is 2.62. The molecule has 23 atom stereocenters. The molecule has 0 aromatic rings. The Morgan fingerprint density at radius 1 is 0.807 bits per heavy atom. The van der Waals surface area contributed by atoms with Crippen LogP contribution in [0.25, 0.3) is 0 Å². The van der Waals surface area contributed by atoms with Gasteiger partial charge >= 0.3 is 5.97 Å². The van der Waals surface area contributed by atoms with Crippen molar-refractivity contribution in [3.05, 3.63) is 0 Å². The second-order valence-corrected chi connectivity index (χ2v) is 17.4. The molecule has 0 bridgehead atoms. The Kier molecular flexibility index (Phi) is 12.7. The van der Waals surface area contributed by atoms with Crippen LogP contribution in [0.2, 0.25) is 0 Å². The molecule has 57 heavy (non-hydrogen) atoms. The first kappa shape index (κ1) is 43.1. The van der Waals surface area contributed by atoms with Crippen molar-refractivity contribution in [1.82, 2.24) is 0 Å². The summed E-state index contributed by atoms with van der Waals surface area (Å²) in [7, 11) is 0. The molecular formula is C37H58N2O18. The number of piperidine rings is 1. The van der Waals surface area contributed by atoms with E-state index >= 15 is 0 Å². The number of hydrogen-bond acceptors (Lipinski definition) is 19.